The van der Waals surface area contributed by atoms with Crippen molar-refractivity contribution in [3.8, 4) is 0 Å². The molecule has 5 nitrogen and oxygen atoms in total. The smallest absolute Gasteiger partial charge is 0.317 e. The maximum atomic E-state index is 12.1. The largest absolute Gasteiger partial charge is 0.481 e. The van der Waals surface area contributed by atoms with Crippen molar-refractivity contribution >= 4 is 12.0 Å². The number of fused-ring (bicyclic) bond motifs is 1. The first-order chi connectivity index (χ1) is 9.97. The number of aryl methyl sites for hydroxylation is 2. The molecule has 2 amide bonds. The number of carbonyl (C=O) groups is 2. The number of aliphatic carboxylic acids is 1. The average molecular weight is 290 g/mol. The van der Waals surface area contributed by atoms with Crippen molar-refractivity contribution in [2.75, 3.05) is 13.1 Å². The molecule has 1 aromatic carbocycles. The Labute approximate surface area is 125 Å². The molecule has 0 fully saturated rings. The van der Waals surface area contributed by atoms with Gasteiger partial charge in [-0.1, -0.05) is 17.7 Å². The van der Waals surface area contributed by atoms with Gasteiger partial charge in [0.2, 0.25) is 0 Å². The fourth-order valence-electron chi connectivity index (χ4n) is 2.84. The van der Waals surface area contributed by atoms with Gasteiger partial charge in [-0.25, -0.2) is 4.79 Å². The summed E-state index contributed by atoms with van der Waals surface area (Å²) in [5, 5.41) is 11.4. The van der Waals surface area contributed by atoms with Gasteiger partial charge in [-0.15, -0.1) is 0 Å². The van der Waals surface area contributed by atoms with Crippen LogP contribution in [0, 0.1) is 13.8 Å². The molecule has 0 bridgehead atoms. The fraction of sp³-hybridized carbons (Fsp3) is 0.500. The van der Waals surface area contributed by atoms with E-state index in [9.17, 15) is 9.59 Å². The Hall–Kier alpha value is -2.04. The zero-order chi connectivity index (χ0) is 15.4. The Morgan fingerprint density at radius 1 is 1.33 bits per heavy atom. The number of hydrogen-bond donors (Lipinski definition) is 2. The van der Waals surface area contributed by atoms with Gasteiger partial charge in [-0.3, -0.25) is 4.79 Å². The van der Waals surface area contributed by atoms with Gasteiger partial charge in [0.25, 0.3) is 0 Å². The summed E-state index contributed by atoms with van der Waals surface area (Å²) in [5.74, 6) is -0.831. The standard InChI is InChI=1S/C16H22N2O3/c1-11-8-12(2)14-5-7-18(10-13(14)9-11)16(21)17-6-3-4-15(19)20/h8-9H,3-7,10H2,1-2H3,(H,17,21)(H,19,20). The van der Waals surface area contributed by atoms with E-state index >= 15 is 0 Å². The molecule has 21 heavy (non-hydrogen) atoms. The van der Waals surface area contributed by atoms with E-state index in [0.29, 0.717) is 26.1 Å². The SMILES string of the molecule is Cc1cc(C)c2c(c1)CN(C(=O)NCCCC(=O)O)CC2. The van der Waals surface area contributed by atoms with Gasteiger partial charge in [0.15, 0.2) is 0 Å². The third-order valence-corrected chi connectivity index (χ3v) is 3.83. The molecule has 0 radical (unpaired) electrons. The second-order valence-electron chi connectivity index (χ2n) is 5.62. The van der Waals surface area contributed by atoms with Gasteiger partial charge in [-0.05, 0) is 43.4 Å². The minimum atomic E-state index is -0.831. The van der Waals surface area contributed by atoms with Crippen LogP contribution in [0.25, 0.3) is 0 Å². The van der Waals surface area contributed by atoms with Crippen molar-refractivity contribution in [1.29, 1.82) is 0 Å². The van der Waals surface area contributed by atoms with E-state index in [2.05, 4.69) is 31.3 Å². The van der Waals surface area contributed by atoms with Crippen LogP contribution in [-0.2, 0) is 17.8 Å². The molecule has 2 N–H and O–H groups in total. The minimum Gasteiger partial charge on any atom is -0.481 e. The van der Waals surface area contributed by atoms with Gasteiger partial charge >= 0.3 is 12.0 Å². The van der Waals surface area contributed by atoms with E-state index in [0.717, 1.165) is 6.42 Å². The Morgan fingerprint density at radius 3 is 2.81 bits per heavy atom. The monoisotopic (exact) mass is 290 g/mol. The number of carbonyl (C=O) groups excluding carboxylic acids is 1. The molecule has 0 saturated carbocycles. The maximum Gasteiger partial charge on any atom is 0.317 e. The summed E-state index contributed by atoms with van der Waals surface area (Å²) in [7, 11) is 0. The normalized spacial score (nSPS) is 13.7. The Bertz CT molecular complexity index is 555. The summed E-state index contributed by atoms with van der Waals surface area (Å²) < 4.78 is 0. The number of nitrogens with zero attached hydrogens (tertiary/aromatic N) is 1. The highest BCUT2D eigenvalue weighted by molar-refractivity contribution is 5.74. The van der Waals surface area contributed by atoms with Gasteiger partial charge < -0.3 is 15.3 Å². The number of benzene rings is 1. The molecule has 2 rings (SSSR count). The highest BCUT2D eigenvalue weighted by Crippen LogP contribution is 2.23. The lowest BCUT2D eigenvalue weighted by molar-refractivity contribution is -0.137. The fourth-order valence-corrected chi connectivity index (χ4v) is 2.84. The van der Waals surface area contributed by atoms with E-state index < -0.39 is 5.97 Å². The highest BCUT2D eigenvalue weighted by atomic mass is 16.4. The van der Waals surface area contributed by atoms with Crippen LogP contribution in [0.15, 0.2) is 12.1 Å². The van der Waals surface area contributed by atoms with Crippen LogP contribution < -0.4 is 5.32 Å². The molecule has 1 aromatic rings. The molecular weight excluding hydrogens is 268 g/mol. The van der Waals surface area contributed by atoms with Gasteiger partial charge in [0.05, 0.1) is 0 Å². The topological polar surface area (TPSA) is 69.6 Å². The average Bonchev–Trinajstić information content (AvgIpc) is 2.42. The molecule has 0 aromatic heterocycles. The first-order valence-electron chi connectivity index (χ1n) is 7.31. The quantitative estimate of drug-likeness (QED) is 0.835. The molecule has 1 heterocycles. The van der Waals surface area contributed by atoms with Crippen LogP contribution in [0.4, 0.5) is 4.79 Å². The van der Waals surface area contributed by atoms with E-state index in [1.807, 2.05) is 0 Å². The molecule has 0 atom stereocenters. The van der Waals surface area contributed by atoms with Gasteiger partial charge in [0.1, 0.15) is 0 Å². The lowest BCUT2D eigenvalue weighted by Crippen LogP contribution is -2.43. The highest BCUT2D eigenvalue weighted by Gasteiger charge is 2.21. The van der Waals surface area contributed by atoms with Crippen LogP contribution >= 0.6 is 0 Å². The summed E-state index contributed by atoms with van der Waals surface area (Å²) in [6.45, 7) is 5.93. The van der Waals surface area contributed by atoms with Crippen molar-refractivity contribution in [3.05, 3.63) is 34.4 Å². The molecule has 1 aliphatic rings. The number of carboxylic acid groups (broad SMARTS) is 1. The van der Waals surface area contributed by atoms with Crippen molar-refractivity contribution in [2.24, 2.45) is 0 Å². The zero-order valence-electron chi connectivity index (χ0n) is 12.6. The van der Waals surface area contributed by atoms with Crippen LogP contribution in [0.3, 0.4) is 0 Å². The number of nitrogens with one attached hydrogen (secondary N) is 1. The number of carboxylic acids is 1. The van der Waals surface area contributed by atoms with Crippen LogP contribution in [0.1, 0.15) is 35.1 Å². The van der Waals surface area contributed by atoms with E-state index in [4.69, 9.17) is 5.11 Å². The minimum absolute atomic E-state index is 0.0848. The van der Waals surface area contributed by atoms with Crippen molar-refractivity contribution < 1.29 is 14.7 Å². The molecule has 0 unspecified atom stereocenters. The molecule has 114 valence electrons. The first kappa shape index (κ1) is 15.4. The summed E-state index contributed by atoms with van der Waals surface area (Å²) in [6, 6.07) is 4.22. The lowest BCUT2D eigenvalue weighted by Gasteiger charge is -2.30. The van der Waals surface area contributed by atoms with Crippen LogP contribution in [0.2, 0.25) is 0 Å². The molecule has 0 spiro atoms. The third-order valence-electron chi connectivity index (χ3n) is 3.83. The molecular formula is C16H22N2O3. The lowest BCUT2D eigenvalue weighted by atomic mass is 9.93. The van der Waals surface area contributed by atoms with Crippen molar-refractivity contribution in [3.63, 3.8) is 0 Å². The summed E-state index contributed by atoms with van der Waals surface area (Å²) in [5.41, 5.74) is 5.09. The second kappa shape index (κ2) is 6.61. The summed E-state index contributed by atoms with van der Waals surface area (Å²) in [4.78, 5) is 24.3. The predicted octanol–water partition coefficient (Wildman–Crippen LogP) is 2.24. The zero-order valence-corrected chi connectivity index (χ0v) is 12.6. The van der Waals surface area contributed by atoms with Crippen LogP contribution in [0.5, 0.6) is 0 Å². The summed E-state index contributed by atoms with van der Waals surface area (Å²) in [6.07, 6.45) is 1.43. The summed E-state index contributed by atoms with van der Waals surface area (Å²) >= 11 is 0. The number of hydrogen-bond acceptors (Lipinski definition) is 2. The molecule has 1 aliphatic heterocycles. The van der Waals surface area contributed by atoms with E-state index in [-0.39, 0.29) is 12.5 Å². The third kappa shape index (κ3) is 3.97. The van der Waals surface area contributed by atoms with Crippen LogP contribution in [-0.4, -0.2) is 35.1 Å². The van der Waals surface area contributed by atoms with Gasteiger partial charge in [-0.2, -0.15) is 0 Å². The maximum absolute atomic E-state index is 12.1. The van der Waals surface area contributed by atoms with Gasteiger partial charge in [0, 0.05) is 26.1 Å². The first-order valence-corrected chi connectivity index (χ1v) is 7.31. The van der Waals surface area contributed by atoms with Crippen molar-refractivity contribution in [1.82, 2.24) is 10.2 Å². The number of amides is 2. The Balaban J connectivity index is 1.91. The number of rotatable bonds is 4. The number of urea groups is 1. The Kier molecular flexibility index (Phi) is 4.83. The predicted molar refractivity (Wildman–Crippen MR) is 80.3 cm³/mol. The molecule has 0 aliphatic carbocycles. The Morgan fingerprint density at radius 2 is 2.10 bits per heavy atom. The van der Waals surface area contributed by atoms with E-state index in [1.165, 1.54) is 22.3 Å². The molecule has 0 saturated heterocycles. The van der Waals surface area contributed by atoms with Crippen molar-refractivity contribution in [2.45, 2.75) is 39.7 Å². The molecule has 5 heteroatoms. The second-order valence-corrected chi connectivity index (χ2v) is 5.62. The van der Waals surface area contributed by atoms with E-state index in [1.54, 1.807) is 4.90 Å².